The summed E-state index contributed by atoms with van der Waals surface area (Å²) < 4.78 is 20.2. The number of anilines is 1. The Labute approximate surface area is 201 Å². The van der Waals surface area contributed by atoms with Gasteiger partial charge in [0.2, 0.25) is 5.75 Å². The first-order chi connectivity index (χ1) is 15.0. The molecule has 0 bridgehead atoms. The van der Waals surface area contributed by atoms with Gasteiger partial charge in [0.05, 0.1) is 27.4 Å². The van der Waals surface area contributed by atoms with E-state index in [0.29, 0.717) is 22.4 Å². The average molecular weight is 549 g/mol. The third kappa shape index (κ3) is 4.31. The summed E-state index contributed by atoms with van der Waals surface area (Å²) in [4.78, 5) is 2.21. The summed E-state index contributed by atoms with van der Waals surface area (Å²) in [6, 6.07) is 16.3. The number of rotatable bonds is 5. The smallest absolute Gasteiger partial charge is 0.203 e. The van der Waals surface area contributed by atoms with Crippen molar-refractivity contribution in [3.63, 3.8) is 0 Å². The monoisotopic (exact) mass is 549 g/mol. The van der Waals surface area contributed by atoms with E-state index in [0.717, 1.165) is 30.0 Å². The van der Waals surface area contributed by atoms with Crippen LogP contribution in [0.15, 0.2) is 54.7 Å². The molecule has 2 aromatic carbocycles. The first kappa shape index (κ1) is 21.8. The molecule has 0 saturated carbocycles. The molecule has 1 unspecified atom stereocenters. The molecule has 0 fully saturated rings. The molecule has 0 radical (unpaired) electrons. The molecule has 1 aromatic heterocycles. The minimum Gasteiger partial charge on any atom is -0.493 e. The number of methoxy groups -OCH3 is 3. The van der Waals surface area contributed by atoms with E-state index in [2.05, 4.69) is 67.8 Å². The van der Waals surface area contributed by atoms with Crippen molar-refractivity contribution in [2.45, 2.75) is 12.6 Å². The molecule has 1 N–H and O–H groups in total. The number of fused-ring (bicyclic) bond motifs is 1. The molecule has 3 aromatic rings. The van der Waals surface area contributed by atoms with Crippen LogP contribution in [-0.4, -0.2) is 42.5 Å². The number of nitrogens with one attached hydrogen (secondary N) is 1. The summed E-state index contributed by atoms with van der Waals surface area (Å²) >= 11 is 8.15. The average Bonchev–Trinajstić information content (AvgIpc) is 3.27. The Kier molecular flexibility index (Phi) is 6.57. The lowest BCUT2D eigenvalue weighted by atomic mass is 9.99. The van der Waals surface area contributed by atoms with Crippen molar-refractivity contribution < 1.29 is 14.2 Å². The lowest BCUT2D eigenvalue weighted by Crippen LogP contribution is -2.44. The molecule has 1 aliphatic heterocycles. The highest BCUT2D eigenvalue weighted by Gasteiger charge is 2.32. The predicted molar refractivity (Wildman–Crippen MR) is 134 cm³/mol. The zero-order chi connectivity index (χ0) is 22.0. The second kappa shape index (κ2) is 9.35. The van der Waals surface area contributed by atoms with Gasteiger partial charge in [-0.15, -0.1) is 0 Å². The maximum atomic E-state index is 5.86. The van der Waals surface area contributed by atoms with Gasteiger partial charge in [-0.1, -0.05) is 0 Å². The van der Waals surface area contributed by atoms with E-state index in [4.69, 9.17) is 26.4 Å². The van der Waals surface area contributed by atoms with Crippen LogP contribution in [0.5, 0.6) is 17.2 Å². The SMILES string of the molecule is COc1cc(C2c3cccn3CCN2C(=S)Nc2ccc(I)cc2)cc(OC)c1OC. The fourth-order valence-corrected chi connectivity index (χ4v) is 4.61. The topological polar surface area (TPSA) is 47.9 Å². The number of hydrogen-bond acceptors (Lipinski definition) is 4. The second-order valence-electron chi connectivity index (χ2n) is 7.12. The van der Waals surface area contributed by atoms with E-state index >= 15 is 0 Å². The largest absolute Gasteiger partial charge is 0.493 e. The number of aromatic nitrogens is 1. The van der Waals surface area contributed by atoms with Crippen LogP contribution in [0.1, 0.15) is 17.3 Å². The van der Waals surface area contributed by atoms with Gasteiger partial charge < -0.3 is 29.0 Å². The maximum Gasteiger partial charge on any atom is 0.203 e. The summed E-state index contributed by atoms with van der Waals surface area (Å²) in [5.74, 6) is 1.82. The van der Waals surface area contributed by atoms with Crippen LogP contribution in [0.2, 0.25) is 0 Å². The predicted octanol–water partition coefficient (Wildman–Crippen LogP) is 4.92. The Bertz CT molecular complexity index is 1060. The van der Waals surface area contributed by atoms with Crippen LogP contribution in [0.25, 0.3) is 0 Å². The molecule has 0 spiro atoms. The maximum absolute atomic E-state index is 5.86. The van der Waals surface area contributed by atoms with Gasteiger partial charge in [0.25, 0.3) is 0 Å². The molecule has 0 saturated heterocycles. The molecule has 4 rings (SSSR count). The highest BCUT2D eigenvalue weighted by atomic mass is 127. The van der Waals surface area contributed by atoms with E-state index in [1.807, 2.05) is 24.3 Å². The minimum absolute atomic E-state index is 0.0960. The fourth-order valence-electron chi connectivity index (χ4n) is 3.94. The normalized spacial score (nSPS) is 15.2. The van der Waals surface area contributed by atoms with E-state index in [9.17, 15) is 0 Å². The highest BCUT2D eigenvalue weighted by molar-refractivity contribution is 14.1. The van der Waals surface area contributed by atoms with Crippen LogP contribution in [0.4, 0.5) is 5.69 Å². The summed E-state index contributed by atoms with van der Waals surface area (Å²) in [6.07, 6.45) is 2.10. The van der Waals surface area contributed by atoms with Crippen LogP contribution >= 0.6 is 34.8 Å². The van der Waals surface area contributed by atoms with Crippen molar-refractivity contribution in [1.82, 2.24) is 9.47 Å². The van der Waals surface area contributed by atoms with Gasteiger partial charge in [-0.2, -0.15) is 0 Å². The van der Waals surface area contributed by atoms with Crippen molar-refractivity contribution in [2.75, 3.05) is 33.2 Å². The summed E-state index contributed by atoms with van der Waals surface area (Å²) in [6.45, 7) is 1.64. The first-order valence-corrected chi connectivity index (χ1v) is 11.3. The molecule has 1 atom stereocenters. The Balaban J connectivity index is 1.75. The fraction of sp³-hybridized carbons (Fsp3) is 0.261. The molecule has 2 heterocycles. The molecule has 162 valence electrons. The van der Waals surface area contributed by atoms with Gasteiger partial charge in [0.1, 0.15) is 0 Å². The van der Waals surface area contributed by atoms with Gasteiger partial charge in [-0.05, 0) is 88.9 Å². The molecule has 0 amide bonds. The number of halogens is 1. The number of hydrogen-bond donors (Lipinski definition) is 1. The summed E-state index contributed by atoms with van der Waals surface area (Å²) in [7, 11) is 4.87. The Morgan fingerprint density at radius 1 is 1.00 bits per heavy atom. The van der Waals surface area contributed by atoms with Gasteiger partial charge in [0.15, 0.2) is 16.6 Å². The van der Waals surface area contributed by atoms with Crippen molar-refractivity contribution in [3.05, 3.63) is 69.6 Å². The summed E-state index contributed by atoms with van der Waals surface area (Å²) in [5.41, 5.74) is 3.14. The van der Waals surface area contributed by atoms with E-state index in [-0.39, 0.29) is 6.04 Å². The number of ether oxygens (including phenoxy) is 3. The molecule has 1 aliphatic rings. The quantitative estimate of drug-likeness (QED) is 0.360. The first-order valence-electron chi connectivity index (χ1n) is 9.84. The van der Waals surface area contributed by atoms with E-state index in [1.165, 1.54) is 3.57 Å². The molecule has 8 heteroatoms. The molecular formula is C23H24IN3O3S. The van der Waals surface area contributed by atoms with Crippen molar-refractivity contribution in [3.8, 4) is 17.2 Å². The van der Waals surface area contributed by atoms with E-state index < -0.39 is 0 Å². The Hall–Kier alpha value is -2.46. The molecule has 6 nitrogen and oxygen atoms in total. The lowest BCUT2D eigenvalue weighted by Gasteiger charge is -2.39. The third-order valence-electron chi connectivity index (χ3n) is 5.40. The molecular weight excluding hydrogens is 525 g/mol. The zero-order valence-electron chi connectivity index (χ0n) is 17.6. The Morgan fingerprint density at radius 2 is 1.68 bits per heavy atom. The zero-order valence-corrected chi connectivity index (χ0v) is 20.6. The Morgan fingerprint density at radius 3 is 2.29 bits per heavy atom. The van der Waals surface area contributed by atoms with Gasteiger partial charge in [-0.3, -0.25) is 0 Å². The van der Waals surface area contributed by atoms with Crippen molar-refractivity contribution in [2.24, 2.45) is 0 Å². The van der Waals surface area contributed by atoms with Gasteiger partial charge in [-0.25, -0.2) is 0 Å². The van der Waals surface area contributed by atoms with Gasteiger partial charge in [0, 0.05) is 34.2 Å². The van der Waals surface area contributed by atoms with Crippen LogP contribution in [-0.2, 0) is 6.54 Å². The summed E-state index contributed by atoms with van der Waals surface area (Å²) in [5, 5.41) is 4.07. The van der Waals surface area contributed by atoms with Gasteiger partial charge >= 0.3 is 0 Å². The molecule has 31 heavy (non-hydrogen) atoms. The van der Waals surface area contributed by atoms with Crippen LogP contribution < -0.4 is 19.5 Å². The number of benzene rings is 2. The standard InChI is InChI=1S/C23H24IN3O3S/c1-28-19-13-15(14-20(29-2)22(19)30-3)21-18-5-4-10-26(18)11-12-27(21)23(31)25-17-8-6-16(24)7-9-17/h4-10,13-14,21H,11-12H2,1-3H3,(H,25,31). The lowest BCUT2D eigenvalue weighted by molar-refractivity contribution is 0.288. The van der Waals surface area contributed by atoms with Crippen LogP contribution in [0.3, 0.4) is 0 Å². The van der Waals surface area contributed by atoms with Crippen molar-refractivity contribution in [1.29, 1.82) is 0 Å². The minimum atomic E-state index is -0.0960. The van der Waals surface area contributed by atoms with E-state index in [1.54, 1.807) is 21.3 Å². The van der Waals surface area contributed by atoms with Crippen molar-refractivity contribution >= 4 is 45.6 Å². The van der Waals surface area contributed by atoms with Crippen LogP contribution in [0, 0.1) is 3.57 Å². The second-order valence-corrected chi connectivity index (χ2v) is 8.75. The highest BCUT2D eigenvalue weighted by Crippen LogP contribution is 2.43. The number of thiocarbonyl (C=S) groups is 1. The molecule has 0 aliphatic carbocycles. The number of nitrogens with zero attached hydrogens (tertiary/aromatic N) is 2. The third-order valence-corrected chi connectivity index (χ3v) is 6.45.